The molecule has 0 aliphatic rings. The Bertz CT molecular complexity index is 1240. The topological polar surface area (TPSA) is 59.3 Å². The number of nitrogens with one attached hydrogen (secondary N) is 1. The Kier molecular flexibility index (Phi) is 6.92. The molecule has 5 nitrogen and oxygen atoms in total. The summed E-state index contributed by atoms with van der Waals surface area (Å²) in [5.74, 6) is -0.0475. The minimum Gasteiger partial charge on any atom is -0.314 e. The van der Waals surface area contributed by atoms with E-state index in [2.05, 4.69) is 27.2 Å². The summed E-state index contributed by atoms with van der Waals surface area (Å²) < 4.78 is 2.12. The number of benzene rings is 3. The number of carbonyl (C=O) groups is 1. The first-order valence-corrected chi connectivity index (χ1v) is 11.2. The van der Waals surface area contributed by atoms with Crippen LogP contribution < -0.4 is 5.43 Å². The van der Waals surface area contributed by atoms with E-state index in [0.29, 0.717) is 22.2 Å². The first-order chi connectivity index (χ1) is 15.1. The largest absolute Gasteiger partial charge is 0.314 e. The van der Waals surface area contributed by atoms with Gasteiger partial charge < -0.3 is 4.57 Å². The summed E-state index contributed by atoms with van der Waals surface area (Å²) in [6.45, 7) is 0.679. The Morgan fingerprint density at radius 3 is 2.65 bits per heavy atom. The maximum atomic E-state index is 12.3. The van der Waals surface area contributed by atoms with Gasteiger partial charge in [-0.25, -0.2) is 10.4 Å². The third-order valence-corrected chi connectivity index (χ3v) is 6.03. The van der Waals surface area contributed by atoms with Gasteiger partial charge in [0.25, 0.3) is 5.91 Å². The number of halogens is 2. The Hall–Kier alpha value is -2.80. The number of hydrogen-bond donors (Lipinski definition) is 1. The molecule has 0 fully saturated rings. The molecule has 0 radical (unpaired) electrons. The van der Waals surface area contributed by atoms with E-state index in [0.717, 1.165) is 16.2 Å². The van der Waals surface area contributed by atoms with E-state index in [-0.39, 0.29) is 11.7 Å². The molecule has 31 heavy (non-hydrogen) atoms. The third kappa shape index (κ3) is 5.47. The highest BCUT2D eigenvalue weighted by Gasteiger charge is 2.13. The summed E-state index contributed by atoms with van der Waals surface area (Å²) >= 11 is 13.4. The fraction of sp³-hybridized carbons (Fsp3) is 0.0870. The van der Waals surface area contributed by atoms with Crippen LogP contribution in [0.1, 0.15) is 11.1 Å². The summed E-state index contributed by atoms with van der Waals surface area (Å²) in [5.41, 5.74) is 6.30. The first-order valence-electron chi connectivity index (χ1n) is 9.49. The number of hydrogen-bond acceptors (Lipinski definition) is 4. The molecule has 1 N–H and O–H groups in total. The van der Waals surface area contributed by atoms with Gasteiger partial charge >= 0.3 is 0 Å². The predicted molar refractivity (Wildman–Crippen MR) is 128 cm³/mol. The van der Waals surface area contributed by atoms with Gasteiger partial charge in [0.05, 0.1) is 34.6 Å². The van der Waals surface area contributed by atoms with Gasteiger partial charge in [-0.15, -0.1) is 0 Å². The molecule has 0 saturated carbocycles. The molecule has 8 heteroatoms. The van der Waals surface area contributed by atoms with Crippen LogP contribution in [0.2, 0.25) is 10.0 Å². The quantitative estimate of drug-likeness (QED) is 0.217. The highest BCUT2D eigenvalue weighted by molar-refractivity contribution is 7.99. The van der Waals surface area contributed by atoms with E-state index >= 15 is 0 Å². The van der Waals surface area contributed by atoms with Crippen molar-refractivity contribution in [3.8, 4) is 0 Å². The maximum Gasteiger partial charge on any atom is 0.250 e. The van der Waals surface area contributed by atoms with Crippen molar-refractivity contribution in [1.82, 2.24) is 15.0 Å². The minimum absolute atomic E-state index is 0.184. The molecule has 0 aliphatic heterocycles. The molecule has 4 aromatic rings. The number of hydrazone groups is 1. The Morgan fingerprint density at radius 1 is 1.06 bits per heavy atom. The van der Waals surface area contributed by atoms with Gasteiger partial charge in [0.15, 0.2) is 5.16 Å². The lowest BCUT2D eigenvalue weighted by atomic mass is 10.2. The predicted octanol–water partition coefficient (Wildman–Crippen LogP) is 5.63. The molecular formula is C23H18Cl2N4OS. The number of amides is 1. The Balaban J connectivity index is 1.44. The Labute approximate surface area is 194 Å². The van der Waals surface area contributed by atoms with E-state index in [1.54, 1.807) is 18.2 Å². The van der Waals surface area contributed by atoms with E-state index in [1.807, 2.05) is 42.5 Å². The monoisotopic (exact) mass is 468 g/mol. The molecule has 0 spiro atoms. The van der Waals surface area contributed by atoms with Gasteiger partial charge in [-0.1, -0.05) is 83.5 Å². The van der Waals surface area contributed by atoms with Crippen molar-refractivity contribution in [2.45, 2.75) is 11.7 Å². The van der Waals surface area contributed by atoms with Gasteiger partial charge in [0.2, 0.25) is 0 Å². The van der Waals surface area contributed by atoms with Gasteiger partial charge in [-0.05, 0) is 29.8 Å². The van der Waals surface area contributed by atoms with Crippen LogP contribution >= 0.6 is 35.0 Å². The first kappa shape index (κ1) is 21.4. The van der Waals surface area contributed by atoms with Crippen molar-refractivity contribution in [3.05, 3.63) is 94.0 Å². The number of aromatic nitrogens is 2. The molecule has 156 valence electrons. The summed E-state index contributed by atoms with van der Waals surface area (Å²) in [5, 5.41) is 5.78. The van der Waals surface area contributed by atoms with E-state index in [1.165, 1.54) is 23.5 Å². The molecule has 1 heterocycles. The van der Waals surface area contributed by atoms with Crippen LogP contribution in [0.4, 0.5) is 0 Å². The molecule has 3 aromatic carbocycles. The molecule has 0 atom stereocenters. The number of imidazole rings is 1. The van der Waals surface area contributed by atoms with Crippen molar-refractivity contribution in [2.75, 3.05) is 5.75 Å². The molecule has 0 unspecified atom stereocenters. The van der Waals surface area contributed by atoms with Crippen LogP contribution in [0.25, 0.3) is 11.0 Å². The third-order valence-electron chi connectivity index (χ3n) is 4.49. The summed E-state index contributed by atoms with van der Waals surface area (Å²) in [7, 11) is 0. The smallest absolute Gasteiger partial charge is 0.250 e. The fourth-order valence-corrected chi connectivity index (χ4v) is 4.29. The van der Waals surface area contributed by atoms with Crippen LogP contribution in [-0.4, -0.2) is 27.4 Å². The lowest BCUT2D eigenvalue weighted by molar-refractivity contribution is -0.118. The van der Waals surface area contributed by atoms with Gasteiger partial charge in [-0.3, -0.25) is 4.79 Å². The Morgan fingerprint density at radius 2 is 1.84 bits per heavy atom. The standard InChI is InChI=1S/C23H18Cl2N4OS/c24-18-11-10-17(19(25)12-18)13-26-28-22(30)15-31-23-27-20-8-4-5-9-21(20)29(23)14-16-6-2-1-3-7-16/h1-13H,14-15H2,(H,28,30)/b26-13+. The van der Waals surface area contributed by atoms with Crippen LogP contribution in [0.5, 0.6) is 0 Å². The number of carbonyl (C=O) groups excluding carboxylic acids is 1. The zero-order chi connectivity index (χ0) is 21.6. The second-order valence-corrected chi connectivity index (χ2v) is 8.49. The number of para-hydroxylation sites is 2. The van der Waals surface area contributed by atoms with E-state index < -0.39 is 0 Å². The molecular weight excluding hydrogens is 451 g/mol. The molecule has 1 amide bonds. The van der Waals surface area contributed by atoms with Crippen molar-refractivity contribution < 1.29 is 4.79 Å². The zero-order valence-electron chi connectivity index (χ0n) is 16.3. The highest BCUT2D eigenvalue weighted by Crippen LogP contribution is 2.25. The number of nitrogens with zero attached hydrogens (tertiary/aromatic N) is 3. The summed E-state index contributed by atoms with van der Waals surface area (Å²) in [4.78, 5) is 17.0. The lowest BCUT2D eigenvalue weighted by Crippen LogP contribution is -2.20. The SMILES string of the molecule is O=C(CSc1nc2ccccc2n1Cc1ccccc1)N/N=C/c1ccc(Cl)cc1Cl. The second-order valence-electron chi connectivity index (χ2n) is 6.70. The van der Waals surface area contributed by atoms with Crippen molar-refractivity contribution >= 4 is 58.1 Å². The molecule has 0 saturated heterocycles. The van der Waals surface area contributed by atoms with Crippen molar-refractivity contribution in [1.29, 1.82) is 0 Å². The number of thioether (sulfide) groups is 1. The van der Waals surface area contributed by atoms with Crippen LogP contribution in [0.3, 0.4) is 0 Å². The minimum atomic E-state index is -0.232. The highest BCUT2D eigenvalue weighted by atomic mass is 35.5. The van der Waals surface area contributed by atoms with Crippen molar-refractivity contribution in [2.24, 2.45) is 5.10 Å². The summed E-state index contributed by atoms with van der Waals surface area (Å²) in [6, 6.07) is 23.2. The normalized spacial score (nSPS) is 11.3. The summed E-state index contributed by atoms with van der Waals surface area (Å²) in [6.07, 6.45) is 1.49. The zero-order valence-corrected chi connectivity index (χ0v) is 18.7. The molecule has 1 aromatic heterocycles. The maximum absolute atomic E-state index is 12.3. The van der Waals surface area contributed by atoms with Crippen molar-refractivity contribution in [3.63, 3.8) is 0 Å². The van der Waals surface area contributed by atoms with Gasteiger partial charge in [-0.2, -0.15) is 5.10 Å². The van der Waals surface area contributed by atoms with Crippen LogP contribution in [0, 0.1) is 0 Å². The van der Waals surface area contributed by atoms with Crippen LogP contribution in [-0.2, 0) is 11.3 Å². The van der Waals surface area contributed by atoms with E-state index in [4.69, 9.17) is 28.2 Å². The average Bonchev–Trinajstić information content (AvgIpc) is 3.12. The molecule has 4 rings (SSSR count). The number of rotatable bonds is 7. The van der Waals surface area contributed by atoms with Gasteiger partial charge in [0.1, 0.15) is 0 Å². The average molecular weight is 469 g/mol. The van der Waals surface area contributed by atoms with Gasteiger partial charge in [0, 0.05) is 10.6 Å². The molecule has 0 bridgehead atoms. The van der Waals surface area contributed by atoms with Crippen LogP contribution in [0.15, 0.2) is 83.1 Å². The number of fused-ring (bicyclic) bond motifs is 1. The molecule has 0 aliphatic carbocycles. The second kappa shape index (κ2) is 10.0. The lowest BCUT2D eigenvalue weighted by Gasteiger charge is -2.09. The fourth-order valence-electron chi connectivity index (χ4n) is 3.02. The van der Waals surface area contributed by atoms with E-state index in [9.17, 15) is 4.79 Å².